The van der Waals surface area contributed by atoms with Gasteiger partial charge in [0.05, 0.1) is 29.6 Å². The highest BCUT2D eigenvalue weighted by molar-refractivity contribution is 7.10. The van der Waals surface area contributed by atoms with Gasteiger partial charge in [0.1, 0.15) is 17.4 Å². The molecule has 0 aliphatic carbocycles. The van der Waals surface area contributed by atoms with Crippen LogP contribution in [0.25, 0.3) is 11.4 Å². The third-order valence-electron chi connectivity index (χ3n) is 6.03. The molecule has 1 aromatic carbocycles. The van der Waals surface area contributed by atoms with Crippen LogP contribution < -0.4 is 10.1 Å². The van der Waals surface area contributed by atoms with Gasteiger partial charge in [-0.05, 0) is 55.5 Å². The number of carbonyl (C=O) groups excluding carboxylic acids is 1. The van der Waals surface area contributed by atoms with Crippen molar-refractivity contribution in [3.63, 3.8) is 0 Å². The molecule has 1 saturated heterocycles. The summed E-state index contributed by atoms with van der Waals surface area (Å²) in [4.78, 5) is 19.1. The molecule has 1 fully saturated rings. The summed E-state index contributed by atoms with van der Waals surface area (Å²) in [6, 6.07) is 11.2. The number of rotatable bonds is 9. The molecule has 1 N–H and O–H groups in total. The van der Waals surface area contributed by atoms with E-state index in [1.165, 1.54) is 16.2 Å². The first-order valence-corrected chi connectivity index (χ1v) is 14.1. The van der Waals surface area contributed by atoms with Gasteiger partial charge in [0, 0.05) is 39.1 Å². The summed E-state index contributed by atoms with van der Waals surface area (Å²) in [6.07, 6.45) is 2.12. The first-order chi connectivity index (χ1) is 17.5. The molecule has 6 nitrogen and oxygen atoms in total. The predicted octanol–water partition coefficient (Wildman–Crippen LogP) is 6.82. The van der Waals surface area contributed by atoms with Gasteiger partial charge in [-0.25, -0.2) is 4.98 Å². The Balaban J connectivity index is 1.37. The Morgan fingerprint density at radius 2 is 2.08 bits per heavy atom. The minimum absolute atomic E-state index is 0.0919. The Morgan fingerprint density at radius 3 is 2.81 bits per heavy atom. The van der Waals surface area contributed by atoms with Crippen molar-refractivity contribution in [3.8, 4) is 17.1 Å². The van der Waals surface area contributed by atoms with Crippen molar-refractivity contribution in [2.24, 2.45) is 0 Å². The number of thiophene rings is 1. The molecule has 1 aliphatic rings. The molecule has 36 heavy (non-hydrogen) atoms. The molecule has 3 aromatic heterocycles. The largest absolute Gasteiger partial charge is 0.486 e. The van der Waals surface area contributed by atoms with Crippen molar-refractivity contribution in [2.45, 2.75) is 39.0 Å². The molecule has 4 heterocycles. The predicted molar refractivity (Wildman–Crippen MR) is 146 cm³/mol. The lowest BCUT2D eigenvalue weighted by Gasteiger charge is -2.12. The number of nitrogens with one attached hydrogen (secondary N) is 1. The molecule has 1 aliphatic heterocycles. The van der Waals surface area contributed by atoms with Crippen LogP contribution in [-0.4, -0.2) is 34.7 Å². The number of benzene rings is 1. The van der Waals surface area contributed by atoms with Gasteiger partial charge in [0.2, 0.25) is 0 Å². The summed E-state index contributed by atoms with van der Waals surface area (Å²) in [5.74, 6) is 0.497. The van der Waals surface area contributed by atoms with Crippen LogP contribution in [0.1, 0.15) is 38.8 Å². The lowest BCUT2D eigenvalue weighted by atomic mass is 10.2. The van der Waals surface area contributed by atoms with E-state index in [-0.39, 0.29) is 12.0 Å². The molecule has 0 radical (unpaired) electrons. The molecule has 4 aromatic rings. The maximum absolute atomic E-state index is 13.1. The molecule has 1 atom stereocenters. The third kappa shape index (κ3) is 5.95. The van der Waals surface area contributed by atoms with E-state index in [0.717, 1.165) is 41.5 Å². The number of amides is 1. The summed E-state index contributed by atoms with van der Waals surface area (Å²) in [7, 11) is 0. The number of carbonyl (C=O) groups is 1. The quantitative estimate of drug-likeness (QED) is 0.243. The average molecular weight is 563 g/mol. The van der Waals surface area contributed by atoms with Crippen molar-refractivity contribution in [3.05, 3.63) is 78.3 Å². The highest BCUT2D eigenvalue weighted by Crippen LogP contribution is 2.30. The fourth-order valence-corrected chi connectivity index (χ4v) is 6.11. The van der Waals surface area contributed by atoms with Gasteiger partial charge >= 0.3 is 0 Å². The van der Waals surface area contributed by atoms with Gasteiger partial charge in [0.25, 0.3) is 5.91 Å². The lowest BCUT2D eigenvalue weighted by Crippen LogP contribution is -2.32. The van der Waals surface area contributed by atoms with E-state index < -0.39 is 0 Å². The number of nitrogens with zero attached hydrogens (tertiary/aromatic N) is 2. The third-order valence-corrected chi connectivity index (χ3v) is 8.15. The van der Waals surface area contributed by atoms with Crippen molar-refractivity contribution in [1.29, 1.82) is 0 Å². The smallest absolute Gasteiger partial charge is 0.253 e. The minimum Gasteiger partial charge on any atom is -0.486 e. The molecule has 10 heteroatoms. The van der Waals surface area contributed by atoms with Crippen molar-refractivity contribution in [1.82, 2.24) is 14.9 Å². The molecule has 0 bridgehead atoms. The summed E-state index contributed by atoms with van der Waals surface area (Å²) in [6.45, 7) is 4.23. The van der Waals surface area contributed by atoms with Gasteiger partial charge in [-0.3, -0.25) is 4.79 Å². The van der Waals surface area contributed by atoms with Crippen LogP contribution in [0.3, 0.4) is 0 Å². The second kappa shape index (κ2) is 11.4. The zero-order valence-electron chi connectivity index (χ0n) is 19.6. The van der Waals surface area contributed by atoms with Crippen LogP contribution in [-0.2, 0) is 17.9 Å². The van der Waals surface area contributed by atoms with Crippen molar-refractivity contribution in [2.75, 3.05) is 13.2 Å². The topological polar surface area (TPSA) is 65.4 Å². The molecule has 0 saturated carbocycles. The standard InChI is InChI=1S/C26H25Cl2N3O3S2/c1-16-22(26(32)29-12-19-4-2-6-33-19)11-24(31(16)13-21-5-3-7-35-21)23-15-36-25(30-23)14-34-20-9-17(27)8-18(28)10-20/h3,5,7-11,15,19H,2,4,6,12-14H2,1H3,(H,29,32). The molecule has 188 valence electrons. The maximum atomic E-state index is 13.1. The number of ether oxygens (including phenoxy) is 2. The van der Waals surface area contributed by atoms with Gasteiger partial charge in [-0.1, -0.05) is 29.3 Å². The Bertz CT molecular complexity index is 1320. The average Bonchev–Trinajstić information content (AvgIpc) is 3.65. The van der Waals surface area contributed by atoms with E-state index in [1.54, 1.807) is 29.5 Å². The highest BCUT2D eigenvalue weighted by atomic mass is 35.5. The van der Waals surface area contributed by atoms with E-state index >= 15 is 0 Å². The second-order valence-electron chi connectivity index (χ2n) is 8.56. The summed E-state index contributed by atoms with van der Waals surface area (Å²) < 4.78 is 13.7. The van der Waals surface area contributed by atoms with E-state index in [4.69, 9.17) is 37.7 Å². The maximum Gasteiger partial charge on any atom is 0.253 e. The van der Waals surface area contributed by atoms with Crippen LogP contribution in [0.5, 0.6) is 5.75 Å². The van der Waals surface area contributed by atoms with Crippen molar-refractivity contribution < 1.29 is 14.3 Å². The van der Waals surface area contributed by atoms with Gasteiger partial charge in [-0.15, -0.1) is 22.7 Å². The van der Waals surface area contributed by atoms with E-state index in [2.05, 4.69) is 21.3 Å². The SMILES string of the molecule is Cc1c(C(=O)NCC2CCCO2)cc(-c2csc(COc3cc(Cl)cc(Cl)c3)n2)n1Cc1cccs1. The molecule has 1 unspecified atom stereocenters. The molecule has 0 spiro atoms. The molecule has 1 amide bonds. The molecular weight excluding hydrogens is 537 g/mol. The molecule has 5 rings (SSSR count). The highest BCUT2D eigenvalue weighted by Gasteiger charge is 2.22. The Hall–Kier alpha value is -2.36. The number of thiazole rings is 1. The normalized spacial score (nSPS) is 15.4. The number of halogens is 2. The Morgan fingerprint density at radius 1 is 1.25 bits per heavy atom. The fraction of sp³-hybridized carbons (Fsp3) is 0.308. The first-order valence-electron chi connectivity index (χ1n) is 11.6. The van der Waals surface area contributed by atoms with E-state index in [0.29, 0.717) is 41.1 Å². The minimum atomic E-state index is -0.0919. The van der Waals surface area contributed by atoms with Crippen LogP contribution >= 0.6 is 45.9 Å². The number of aromatic nitrogens is 2. The van der Waals surface area contributed by atoms with Gasteiger partial charge < -0.3 is 19.4 Å². The van der Waals surface area contributed by atoms with E-state index in [9.17, 15) is 4.79 Å². The molecular formula is C26H25Cl2N3O3S2. The Labute approximate surface area is 227 Å². The van der Waals surface area contributed by atoms with E-state index in [1.807, 2.05) is 24.4 Å². The Kier molecular flexibility index (Phi) is 7.98. The first kappa shape index (κ1) is 25.3. The van der Waals surface area contributed by atoms with Gasteiger partial charge in [0.15, 0.2) is 0 Å². The van der Waals surface area contributed by atoms with Crippen LogP contribution in [0.4, 0.5) is 0 Å². The zero-order chi connectivity index (χ0) is 25.1. The van der Waals surface area contributed by atoms with Crippen LogP contribution in [0.15, 0.2) is 47.2 Å². The number of hydrogen-bond acceptors (Lipinski definition) is 6. The zero-order valence-corrected chi connectivity index (χ0v) is 22.8. The summed E-state index contributed by atoms with van der Waals surface area (Å²) in [5, 5.41) is 8.96. The van der Waals surface area contributed by atoms with Crippen LogP contribution in [0.2, 0.25) is 10.0 Å². The summed E-state index contributed by atoms with van der Waals surface area (Å²) in [5.41, 5.74) is 3.26. The second-order valence-corrected chi connectivity index (χ2v) is 11.4. The summed E-state index contributed by atoms with van der Waals surface area (Å²) >= 11 is 15.3. The fourth-order valence-electron chi connectivity index (χ4n) is 4.21. The van der Waals surface area contributed by atoms with Crippen LogP contribution in [0, 0.1) is 6.92 Å². The monoisotopic (exact) mass is 561 g/mol. The van der Waals surface area contributed by atoms with Gasteiger partial charge in [-0.2, -0.15) is 0 Å². The number of hydrogen-bond donors (Lipinski definition) is 1. The van der Waals surface area contributed by atoms with Crippen molar-refractivity contribution >= 4 is 51.8 Å². The lowest BCUT2D eigenvalue weighted by molar-refractivity contribution is 0.0857.